The molecule has 0 saturated carbocycles. The number of rotatable bonds is 2. The van der Waals surface area contributed by atoms with Gasteiger partial charge in [-0.2, -0.15) is 0 Å². The summed E-state index contributed by atoms with van der Waals surface area (Å²) in [5.74, 6) is 1.77. The molecule has 1 heterocycles. The minimum absolute atomic E-state index is 0.859. The Morgan fingerprint density at radius 2 is 1.48 bits per heavy atom. The maximum atomic E-state index is 6.19. The number of ether oxygens (including phenoxy) is 1. The van der Waals surface area contributed by atoms with Gasteiger partial charge >= 0.3 is 0 Å². The molecule has 0 amide bonds. The van der Waals surface area contributed by atoms with E-state index in [1.807, 2.05) is 37.3 Å². The molecular formula is C23H21NO. The quantitative estimate of drug-likeness (QED) is 0.540. The zero-order valence-electron chi connectivity index (χ0n) is 14.8. The lowest BCUT2D eigenvalue weighted by Crippen LogP contribution is -2.19. The number of anilines is 2. The standard InChI is InChI=1S/C23H21NO/c1-16-13-14-20-22(15-16)24(3)21-12-8-7-11-19(21)23(20)17(2)25-18-9-5-4-6-10-18/h4-15H,1-3H3/b23-17-. The van der Waals surface area contributed by atoms with E-state index in [9.17, 15) is 0 Å². The third-order valence-electron chi connectivity index (χ3n) is 4.68. The molecule has 3 aromatic carbocycles. The van der Waals surface area contributed by atoms with Crippen LogP contribution in [0.5, 0.6) is 5.75 Å². The van der Waals surface area contributed by atoms with Crippen molar-refractivity contribution in [3.05, 3.63) is 95.2 Å². The number of allylic oxidation sites excluding steroid dienone is 1. The highest BCUT2D eigenvalue weighted by Crippen LogP contribution is 2.45. The summed E-state index contributed by atoms with van der Waals surface area (Å²) in [6.45, 7) is 4.18. The Kier molecular flexibility index (Phi) is 3.81. The van der Waals surface area contributed by atoms with Gasteiger partial charge in [-0.25, -0.2) is 0 Å². The summed E-state index contributed by atoms with van der Waals surface area (Å²) in [6, 6.07) is 25.1. The Morgan fingerprint density at radius 1 is 0.800 bits per heavy atom. The summed E-state index contributed by atoms with van der Waals surface area (Å²) in [4.78, 5) is 2.26. The van der Waals surface area contributed by atoms with Crippen LogP contribution in [-0.2, 0) is 0 Å². The fourth-order valence-electron chi connectivity index (χ4n) is 3.48. The summed E-state index contributed by atoms with van der Waals surface area (Å²) in [6.07, 6.45) is 0. The topological polar surface area (TPSA) is 12.5 Å². The minimum atomic E-state index is 0.859. The smallest absolute Gasteiger partial charge is 0.126 e. The van der Waals surface area contributed by atoms with Gasteiger partial charge in [0, 0.05) is 35.1 Å². The SMILES string of the molecule is C/C(Oc1ccccc1)=C1\c2ccccc2N(C)c2cc(C)ccc21. The van der Waals surface area contributed by atoms with Crippen molar-refractivity contribution in [2.45, 2.75) is 13.8 Å². The molecule has 0 aliphatic carbocycles. The first kappa shape index (κ1) is 15.5. The van der Waals surface area contributed by atoms with Gasteiger partial charge in [0.15, 0.2) is 0 Å². The number of benzene rings is 3. The van der Waals surface area contributed by atoms with E-state index in [1.54, 1.807) is 0 Å². The highest BCUT2D eigenvalue weighted by atomic mass is 16.5. The Bertz CT molecular complexity index is 957. The first-order valence-corrected chi connectivity index (χ1v) is 8.53. The van der Waals surface area contributed by atoms with Crippen LogP contribution in [0.1, 0.15) is 23.6 Å². The molecule has 0 fully saturated rings. The monoisotopic (exact) mass is 327 g/mol. The van der Waals surface area contributed by atoms with E-state index in [0.29, 0.717) is 0 Å². The van der Waals surface area contributed by atoms with Crippen LogP contribution >= 0.6 is 0 Å². The molecule has 0 spiro atoms. The van der Waals surface area contributed by atoms with Gasteiger partial charge in [0.05, 0.1) is 0 Å². The van der Waals surface area contributed by atoms with Gasteiger partial charge in [0.25, 0.3) is 0 Å². The van der Waals surface area contributed by atoms with Gasteiger partial charge in [0.1, 0.15) is 11.5 Å². The molecule has 2 nitrogen and oxygen atoms in total. The van der Waals surface area contributed by atoms with E-state index in [4.69, 9.17) is 4.74 Å². The summed E-state index contributed by atoms with van der Waals surface area (Å²) >= 11 is 0. The van der Waals surface area contributed by atoms with Crippen molar-refractivity contribution >= 4 is 16.9 Å². The predicted molar refractivity (Wildman–Crippen MR) is 104 cm³/mol. The Balaban J connectivity index is 1.93. The largest absolute Gasteiger partial charge is 0.461 e. The minimum Gasteiger partial charge on any atom is -0.461 e. The van der Waals surface area contributed by atoms with Gasteiger partial charge in [-0.05, 0) is 43.7 Å². The van der Waals surface area contributed by atoms with E-state index in [-0.39, 0.29) is 0 Å². The molecule has 0 unspecified atom stereocenters. The average Bonchev–Trinajstić information content (AvgIpc) is 2.63. The second-order valence-electron chi connectivity index (χ2n) is 6.44. The third-order valence-corrected chi connectivity index (χ3v) is 4.68. The molecule has 3 aromatic rings. The van der Waals surface area contributed by atoms with E-state index in [2.05, 4.69) is 61.3 Å². The molecule has 0 radical (unpaired) electrons. The first-order chi connectivity index (χ1) is 12.1. The maximum Gasteiger partial charge on any atom is 0.126 e. The van der Waals surface area contributed by atoms with Gasteiger partial charge in [-0.15, -0.1) is 0 Å². The molecule has 0 saturated heterocycles. The molecule has 1 aliphatic heterocycles. The van der Waals surface area contributed by atoms with Crippen LogP contribution in [0.4, 0.5) is 11.4 Å². The van der Waals surface area contributed by atoms with E-state index >= 15 is 0 Å². The number of fused-ring (bicyclic) bond motifs is 2. The van der Waals surface area contributed by atoms with Crippen LogP contribution in [-0.4, -0.2) is 7.05 Å². The van der Waals surface area contributed by atoms with Gasteiger partial charge < -0.3 is 9.64 Å². The molecule has 124 valence electrons. The second-order valence-corrected chi connectivity index (χ2v) is 6.44. The Hall–Kier alpha value is -3.00. The molecule has 4 rings (SSSR count). The van der Waals surface area contributed by atoms with Crippen LogP contribution in [0.25, 0.3) is 5.57 Å². The lowest BCUT2D eigenvalue weighted by Gasteiger charge is -2.32. The van der Waals surface area contributed by atoms with Crippen molar-refractivity contribution in [1.82, 2.24) is 0 Å². The molecule has 0 atom stereocenters. The fourth-order valence-corrected chi connectivity index (χ4v) is 3.48. The normalized spacial score (nSPS) is 14.6. The highest BCUT2D eigenvalue weighted by Gasteiger charge is 2.26. The molecule has 1 aliphatic rings. The highest BCUT2D eigenvalue weighted by molar-refractivity contribution is 5.98. The van der Waals surface area contributed by atoms with E-state index in [1.165, 1.54) is 28.1 Å². The van der Waals surface area contributed by atoms with Crippen molar-refractivity contribution in [3.63, 3.8) is 0 Å². The van der Waals surface area contributed by atoms with Gasteiger partial charge in [-0.1, -0.05) is 48.5 Å². The number of hydrogen-bond donors (Lipinski definition) is 0. The Morgan fingerprint density at radius 3 is 2.28 bits per heavy atom. The van der Waals surface area contributed by atoms with E-state index in [0.717, 1.165) is 17.1 Å². The van der Waals surface area contributed by atoms with Crippen LogP contribution in [0.15, 0.2) is 78.6 Å². The average molecular weight is 327 g/mol. The van der Waals surface area contributed by atoms with Gasteiger partial charge in [0.2, 0.25) is 0 Å². The number of aryl methyl sites for hydroxylation is 1. The molecule has 25 heavy (non-hydrogen) atoms. The number of hydrogen-bond acceptors (Lipinski definition) is 2. The molecule has 0 N–H and O–H groups in total. The third kappa shape index (κ3) is 2.70. The Labute approximate surface area is 149 Å². The van der Waals surface area contributed by atoms with Crippen molar-refractivity contribution in [2.75, 3.05) is 11.9 Å². The molecule has 2 heteroatoms. The van der Waals surface area contributed by atoms with E-state index < -0.39 is 0 Å². The predicted octanol–water partition coefficient (Wildman–Crippen LogP) is 5.93. The van der Waals surface area contributed by atoms with Crippen LogP contribution < -0.4 is 9.64 Å². The summed E-state index contributed by atoms with van der Waals surface area (Å²) < 4.78 is 6.19. The van der Waals surface area contributed by atoms with Crippen LogP contribution in [0.3, 0.4) is 0 Å². The first-order valence-electron chi connectivity index (χ1n) is 8.53. The van der Waals surface area contributed by atoms with Crippen LogP contribution in [0, 0.1) is 6.92 Å². The number of para-hydroxylation sites is 2. The van der Waals surface area contributed by atoms with Crippen molar-refractivity contribution in [3.8, 4) is 5.75 Å². The summed E-state index contributed by atoms with van der Waals surface area (Å²) in [5, 5.41) is 0. The fraction of sp³-hybridized carbons (Fsp3) is 0.130. The molecule has 0 bridgehead atoms. The zero-order chi connectivity index (χ0) is 17.4. The summed E-state index contributed by atoms with van der Waals surface area (Å²) in [5.41, 5.74) is 7.24. The molecular weight excluding hydrogens is 306 g/mol. The van der Waals surface area contributed by atoms with Crippen molar-refractivity contribution in [2.24, 2.45) is 0 Å². The van der Waals surface area contributed by atoms with Crippen molar-refractivity contribution in [1.29, 1.82) is 0 Å². The molecule has 0 aromatic heterocycles. The van der Waals surface area contributed by atoms with Crippen molar-refractivity contribution < 1.29 is 4.74 Å². The zero-order valence-corrected chi connectivity index (χ0v) is 14.8. The van der Waals surface area contributed by atoms with Gasteiger partial charge in [-0.3, -0.25) is 0 Å². The lowest BCUT2D eigenvalue weighted by atomic mass is 9.89. The second kappa shape index (κ2) is 6.14. The summed E-state index contributed by atoms with van der Waals surface area (Å²) in [7, 11) is 2.13. The number of nitrogens with zero attached hydrogens (tertiary/aromatic N) is 1. The lowest BCUT2D eigenvalue weighted by molar-refractivity contribution is 0.430. The van der Waals surface area contributed by atoms with Crippen LogP contribution in [0.2, 0.25) is 0 Å². The maximum absolute atomic E-state index is 6.19.